The van der Waals surface area contributed by atoms with Gasteiger partial charge in [-0.3, -0.25) is 4.90 Å². The van der Waals surface area contributed by atoms with Gasteiger partial charge in [0.1, 0.15) is 5.75 Å². The minimum Gasteiger partial charge on any atom is -0.508 e. The number of methoxy groups -OCH3 is 1. The van der Waals surface area contributed by atoms with E-state index in [1.807, 2.05) is 42.5 Å². The molecule has 3 rings (SSSR count). The topological polar surface area (TPSA) is 52.9 Å². The van der Waals surface area contributed by atoms with Gasteiger partial charge in [0.2, 0.25) is 0 Å². The fraction of sp³-hybridized carbons (Fsp3) is 0.455. The van der Waals surface area contributed by atoms with E-state index in [9.17, 15) is 10.2 Å². The Labute approximate surface area is 156 Å². The molecule has 4 nitrogen and oxygen atoms in total. The van der Waals surface area contributed by atoms with Gasteiger partial charge in [0.05, 0.1) is 12.7 Å². The van der Waals surface area contributed by atoms with Gasteiger partial charge in [-0.25, -0.2) is 0 Å². The van der Waals surface area contributed by atoms with Crippen molar-refractivity contribution in [3.05, 3.63) is 65.2 Å². The SMILES string of the molecule is COCc1ccc(O)cc1CCN1CCCC[C@H]1[C@H](O)c1ccccc1. The molecule has 4 heteroatoms. The van der Waals surface area contributed by atoms with Gasteiger partial charge in [-0.05, 0) is 54.6 Å². The molecule has 2 aromatic rings. The molecular weight excluding hydrogens is 326 g/mol. The van der Waals surface area contributed by atoms with Crippen LogP contribution in [0.2, 0.25) is 0 Å². The number of aromatic hydroxyl groups is 1. The highest BCUT2D eigenvalue weighted by Gasteiger charge is 2.29. The zero-order valence-corrected chi connectivity index (χ0v) is 15.5. The van der Waals surface area contributed by atoms with E-state index in [4.69, 9.17) is 4.74 Å². The molecule has 0 amide bonds. The monoisotopic (exact) mass is 355 g/mol. The standard InChI is InChI=1S/C22H29NO3/c1-26-16-19-10-11-20(24)15-18(19)12-14-23-13-6-5-9-21(23)22(25)17-7-3-2-4-8-17/h2-4,7-8,10-11,15,21-22,24-25H,5-6,9,12-14,16H2,1H3/t21-,22+/m0/s1. The van der Waals surface area contributed by atoms with Gasteiger partial charge in [0, 0.05) is 19.7 Å². The summed E-state index contributed by atoms with van der Waals surface area (Å²) in [6.45, 7) is 2.42. The Morgan fingerprint density at radius 1 is 1.12 bits per heavy atom. The number of hydrogen-bond donors (Lipinski definition) is 2. The molecule has 0 aliphatic carbocycles. The molecule has 140 valence electrons. The average molecular weight is 355 g/mol. The van der Waals surface area contributed by atoms with E-state index in [2.05, 4.69) is 4.90 Å². The number of phenolic OH excluding ortho intramolecular Hbond substituents is 1. The first kappa shape index (κ1) is 18.9. The van der Waals surface area contributed by atoms with Crippen molar-refractivity contribution in [1.29, 1.82) is 0 Å². The molecular formula is C22H29NO3. The third-order valence-corrected chi connectivity index (χ3v) is 5.33. The minimum absolute atomic E-state index is 0.148. The minimum atomic E-state index is -0.459. The Morgan fingerprint density at radius 2 is 1.92 bits per heavy atom. The third-order valence-electron chi connectivity index (χ3n) is 5.33. The van der Waals surface area contributed by atoms with E-state index in [1.54, 1.807) is 13.2 Å². The second-order valence-corrected chi connectivity index (χ2v) is 7.09. The molecule has 0 bridgehead atoms. The molecule has 2 N–H and O–H groups in total. The number of phenols is 1. The lowest BCUT2D eigenvalue weighted by Crippen LogP contribution is -2.44. The summed E-state index contributed by atoms with van der Waals surface area (Å²) in [5.74, 6) is 0.291. The maximum Gasteiger partial charge on any atom is 0.115 e. The van der Waals surface area contributed by atoms with Crippen molar-refractivity contribution in [1.82, 2.24) is 4.90 Å². The van der Waals surface area contributed by atoms with E-state index in [1.165, 1.54) is 6.42 Å². The normalized spacial score (nSPS) is 19.4. The number of aliphatic hydroxyl groups excluding tert-OH is 1. The van der Waals surface area contributed by atoms with Crippen molar-refractivity contribution in [2.24, 2.45) is 0 Å². The Hall–Kier alpha value is -1.88. The van der Waals surface area contributed by atoms with Crippen LogP contribution in [0.25, 0.3) is 0 Å². The fourth-order valence-electron chi connectivity index (χ4n) is 3.93. The predicted molar refractivity (Wildman–Crippen MR) is 103 cm³/mol. The van der Waals surface area contributed by atoms with Crippen LogP contribution < -0.4 is 0 Å². The summed E-state index contributed by atoms with van der Waals surface area (Å²) >= 11 is 0. The largest absolute Gasteiger partial charge is 0.508 e. The third kappa shape index (κ3) is 4.64. The maximum absolute atomic E-state index is 10.9. The first-order chi connectivity index (χ1) is 12.7. The lowest BCUT2D eigenvalue weighted by atomic mass is 9.92. The highest BCUT2D eigenvalue weighted by Crippen LogP contribution is 2.29. The number of hydrogen-bond acceptors (Lipinski definition) is 4. The smallest absolute Gasteiger partial charge is 0.115 e. The Balaban J connectivity index is 1.70. The van der Waals surface area contributed by atoms with Gasteiger partial charge in [-0.15, -0.1) is 0 Å². The van der Waals surface area contributed by atoms with E-state index in [-0.39, 0.29) is 6.04 Å². The first-order valence-electron chi connectivity index (χ1n) is 9.46. The van der Waals surface area contributed by atoms with Crippen LogP contribution in [0, 0.1) is 0 Å². The van der Waals surface area contributed by atoms with Crippen LogP contribution in [0.5, 0.6) is 5.75 Å². The molecule has 2 atom stereocenters. The van der Waals surface area contributed by atoms with E-state index >= 15 is 0 Å². The van der Waals surface area contributed by atoms with Crippen molar-refractivity contribution in [3.8, 4) is 5.75 Å². The van der Waals surface area contributed by atoms with E-state index in [0.29, 0.717) is 12.4 Å². The van der Waals surface area contributed by atoms with Gasteiger partial charge in [0.25, 0.3) is 0 Å². The molecule has 2 aromatic carbocycles. The lowest BCUT2D eigenvalue weighted by Gasteiger charge is -2.38. The number of aliphatic hydroxyl groups is 1. The van der Waals surface area contributed by atoms with Gasteiger partial charge in [-0.2, -0.15) is 0 Å². The van der Waals surface area contributed by atoms with Gasteiger partial charge < -0.3 is 14.9 Å². The van der Waals surface area contributed by atoms with E-state index in [0.717, 1.165) is 49.0 Å². The summed E-state index contributed by atoms with van der Waals surface area (Å²) in [5, 5.41) is 20.7. The summed E-state index contributed by atoms with van der Waals surface area (Å²) in [5.41, 5.74) is 3.22. The summed E-state index contributed by atoms with van der Waals surface area (Å²) < 4.78 is 5.28. The number of likely N-dealkylation sites (tertiary alicyclic amines) is 1. The zero-order chi connectivity index (χ0) is 18.4. The van der Waals surface area contributed by atoms with Crippen molar-refractivity contribution < 1.29 is 14.9 Å². The van der Waals surface area contributed by atoms with Crippen LogP contribution in [0.15, 0.2) is 48.5 Å². The highest BCUT2D eigenvalue weighted by molar-refractivity contribution is 5.35. The average Bonchev–Trinajstić information content (AvgIpc) is 2.68. The molecule has 1 aliphatic heterocycles. The predicted octanol–water partition coefficient (Wildman–Crippen LogP) is 3.67. The quantitative estimate of drug-likeness (QED) is 0.796. The van der Waals surface area contributed by atoms with Crippen LogP contribution in [0.4, 0.5) is 0 Å². The number of rotatable bonds is 7. The van der Waals surface area contributed by atoms with Crippen LogP contribution in [-0.2, 0) is 17.8 Å². The second kappa shape index (κ2) is 9.17. The van der Waals surface area contributed by atoms with Crippen LogP contribution in [0.1, 0.15) is 42.1 Å². The lowest BCUT2D eigenvalue weighted by molar-refractivity contribution is 0.0255. The number of benzene rings is 2. The zero-order valence-electron chi connectivity index (χ0n) is 15.5. The molecule has 1 fully saturated rings. The molecule has 0 radical (unpaired) electrons. The van der Waals surface area contributed by atoms with Crippen molar-refractivity contribution >= 4 is 0 Å². The molecule has 26 heavy (non-hydrogen) atoms. The molecule has 0 spiro atoms. The Bertz CT molecular complexity index is 689. The van der Waals surface area contributed by atoms with Gasteiger partial charge >= 0.3 is 0 Å². The molecule has 0 unspecified atom stereocenters. The maximum atomic E-state index is 10.9. The first-order valence-corrected chi connectivity index (χ1v) is 9.46. The molecule has 1 aliphatic rings. The number of piperidine rings is 1. The summed E-state index contributed by atoms with van der Waals surface area (Å²) in [7, 11) is 1.69. The Kier molecular flexibility index (Phi) is 6.67. The summed E-state index contributed by atoms with van der Waals surface area (Å²) in [4.78, 5) is 2.40. The molecule has 0 saturated carbocycles. The van der Waals surface area contributed by atoms with Crippen LogP contribution in [-0.4, -0.2) is 41.4 Å². The van der Waals surface area contributed by atoms with Crippen molar-refractivity contribution in [2.75, 3.05) is 20.2 Å². The number of nitrogens with zero attached hydrogens (tertiary/aromatic N) is 1. The molecule has 0 aromatic heterocycles. The number of ether oxygens (including phenoxy) is 1. The van der Waals surface area contributed by atoms with Crippen molar-refractivity contribution in [2.45, 2.75) is 44.4 Å². The van der Waals surface area contributed by atoms with Crippen LogP contribution in [0.3, 0.4) is 0 Å². The fourth-order valence-corrected chi connectivity index (χ4v) is 3.93. The van der Waals surface area contributed by atoms with Gasteiger partial charge in [-0.1, -0.05) is 42.8 Å². The summed E-state index contributed by atoms with van der Waals surface area (Å²) in [6, 6.07) is 15.6. The van der Waals surface area contributed by atoms with Crippen molar-refractivity contribution in [3.63, 3.8) is 0 Å². The molecule has 1 saturated heterocycles. The van der Waals surface area contributed by atoms with Gasteiger partial charge in [0.15, 0.2) is 0 Å². The highest BCUT2D eigenvalue weighted by atomic mass is 16.5. The second-order valence-electron chi connectivity index (χ2n) is 7.09. The molecule has 1 heterocycles. The van der Waals surface area contributed by atoms with Crippen LogP contribution >= 0.6 is 0 Å². The van der Waals surface area contributed by atoms with E-state index < -0.39 is 6.10 Å². The summed E-state index contributed by atoms with van der Waals surface area (Å²) in [6.07, 6.45) is 3.72. The Morgan fingerprint density at radius 3 is 2.69 bits per heavy atom.